The lowest BCUT2D eigenvalue weighted by Gasteiger charge is -2.08. The zero-order valence-corrected chi connectivity index (χ0v) is 12.3. The monoisotopic (exact) mass is 299 g/mol. The molecule has 0 radical (unpaired) electrons. The van der Waals surface area contributed by atoms with Gasteiger partial charge in [0.25, 0.3) is 0 Å². The van der Waals surface area contributed by atoms with Crippen LogP contribution in [-0.4, -0.2) is 10.9 Å². The van der Waals surface area contributed by atoms with Crippen molar-refractivity contribution < 1.29 is 9.53 Å². The average molecular weight is 300 g/mol. The number of para-hydroxylation sites is 1. The average Bonchev–Trinajstić information content (AvgIpc) is 2.79. The van der Waals surface area contributed by atoms with Crippen molar-refractivity contribution in [2.45, 2.75) is 6.61 Å². The number of nitrogens with zero attached hydrogens (tertiary/aromatic N) is 1. The number of carbonyl (C=O) groups is 1. The lowest BCUT2D eigenvalue weighted by atomic mass is 10.1. The fraction of sp³-hybridized carbons (Fsp3) is 0.118. The van der Waals surface area contributed by atoms with Crippen LogP contribution in [0.3, 0.4) is 0 Å². The van der Waals surface area contributed by atoms with Gasteiger partial charge in [0.2, 0.25) is 0 Å². The maximum atomic E-state index is 11.4. The molecule has 0 aliphatic carbocycles. The molecule has 0 bridgehead atoms. The standard InChI is InChI=1S/C17H14ClNO2/c1-19-16-5-3-2-4-14(16)15(10-20)17(19)11-21-13-8-6-12(18)7-9-13/h2-10H,11H2,1H3. The topological polar surface area (TPSA) is 31.2 Å². The van der Waals surface area contributed by atoms with E-state index in [1.807, 2.05) is 48.0 Å². The number of aryl methyl sites for hydroxylation is 1. The molecule has 0 saturated carbocycles. The van der Waals surface area contributed by atoms with Gasteiger partial charge < -0.3 is 9.30 Å². The predicted octanol–water partition coefficient (Wildman–Crippen LogP) is 4.22. The molecule has 0 spiro atoms. The van der Waals surface area contributed by atoms with Gasteiger partial charge in [0, 0.05) is 28.5 Å². The van der Waals surface area contributed by atoms with Gasteiger partial charge in [-0.05, 0) is 30.3 Å². The van der Waals surface area contributed by atoms with E-state index in [2.05, 4.69) is 0 Å². The summed E-state index contributed by atoms with van der Waals surface area (Å²) in [6.45, 7) is 0.334. The molecule has 2 aromatic carbocycles. The van der Waals surface area contributed by atoms with Crippen LogP contribution in [0.15, 0.2) is 48.5 Å². The normalized spacial score (nSPS) is 10.8. The van der Waals surface area contributed by atoms with Gasteiger partial charge in [-0.2, -0.15) is 0 Å². The van der Waals surface area contributed by atoms with Crippen molar-refractivity contribution in [3.8, 4) is 5.75 Å². The van der Waals surface area contributed by atoms with Crippen LogP contribution in [0.1, 0.15) is 16.1 Å². The zero-order chi connectivity index (χ0) is 14.8. The number of benzene rings is 2. The van der Waals surface area contributed by atoms with Crippen molar-refractivity contribution >= 4 is 28.8 Å². The van der Waals surface area contributed by atoms with E-state index in [1.165, 1.54) is 0 Å². The largest absolute Gasteiger partial charge is 0.487 e. The van der Waals surface area contributed by atoms with Crippen molar-refractivity contribution in [1.82, 2.24) is 4.57 Å². The fourth-order valence-corrected chi connectivity index (χ4v) is 2.59. The Hall–Kier alpha value is -2.26. The molecule has 1 aromatic heterocycles. The molecule has 0 saturated heterocycles. The van der Waals surface area contributed by atoms with E-state index in [4.69, 9.17) is 16.3 Å². The summed E-state index contributed by atoms with van der Waals surface area (Å²) in [5.41, 5.74) is 2.57. The summed E-state index contributed by atoms with van der Waals surface area (Å²) in [5, 5.41) is 1.62. The SMILES string of the molecule is Cn1c(COc2ccc(Cl)cc2)c(C=O)c2ccccc21. The van der Waals surface area contributed by atoms with Crippen LogP contribution in [0.2, 0.25) is 5.02 Å². The minimum absolute atomic E-state index is 0.334. The molecular formula is C17H14ClNO2. The van der Waals surface area contributed by atoms with Gasteiger partial charge in [-0.15, -0.1) is 0 Å². The molecule has 21 heavy (non-hydrogen) atoms. The van der Waals surface area contributed by atoms with Crippen LogP contribution in [-0.2, 0) is 13.7 Å². The Labute approximate surface area is 127 Å². The van der Waals surface area contributed by atoms with E-state index >= 15 is 0 Å². The second-order valence-electron chi connectivity index (χ2n) is 4.80. The van der Waals surface area contributed by atoms with Gasteiger partial charge in [0.1, 0.15) is 12.4 Å². The van der Waals surface area contributed by atoms with E-state index in [0.29, 0.717) is 17.2 Å². The van der Waals surface area contributed by atoms with Gasteiger partial charge in [-0.3, -0.25) is 4.79 Å². The van der Waals surface area contributed by atoms with Crippen molar-refractivity contribution in [1.29, 1.82) is 0 Å². The van der Waals surface area contributed by atoms with Gasteiger partial charge in [-0.25, -0.2) is 0 Å². The highest BCUT2D eigenvalue weighted by atomic mass is 35.5. The Morgan fingerprint density at radius 2 is 1.86 bits per heavy atom. The third-order valence-electron chi connectivity index (χ3n) is 3.58. The minimum Gasteiger partial charge on any atom is -0.487 e. The van der Waals surface area contributed by atoms with Crippen LogP contribution in [0.5, 0.6) is 5.75 Å². The molecule has 0 amide bonds. The Balaban J connectivity index is 1.94. The molecule has 0 fully saturated rings. The number of hydrogen-bond acceptors (Lipinski definition) is 2. The van der Waals surface area contributed by atoms with Gasteiger partial charge in [0.05, 0.1) is 5.69 Å². The predicted molar refractivity (Wildman–Crippen MR) is 84.1 cm³/mol. The summed E-state index contributed by atoms with van der Waals surface area (Å²) in [6.07, 6.45) is 0.892. The number of rotatable bonds is 4. The first-order valence-electron chi connectivity index (χ1n) is 6.60. The summed E-state index contributed by atoms with van der Waals surface area (Å²) >= 11 is 5.85. The molecule has 0 aliphatic heterocycles. The Kier molecular flexibility index (Phi) is 3.67. The van der Waals surface area contributed by atoms with Crippen molar-refractivity contribution in [3.63, 3.8) is 0 Å². The number of aromatic nitrogens is 1. The van der Waals surface area contributed by atoms with Gasteiger partial charge >= 0.3 is 0 Å². The van der Waals surface area contributed by atoms with Crippen LogP contribution >= 0.6 is 11.6 Å². The number of ether oxygens (including phenoxy) is 1. The quantitative estimate of drug-likeness (QED) is 0.675. The number of hydrogen-bond donors (Lipinski definition) is 0. The van der Waals surface area contributed by atoms with Crippen molar-refractivity contribution in [2.75, 3.05) is 0 Å². The molecule has 0 aliphatic rings. The highest BCUT2D eigenvalue weighted by molar-refractivity contribution is 6.30. The molecule has 0 N–H and O–H groups in total. The molecule has 3 rings (SSSR count). The lowest BCUT2D eigenvalue weighted by molar-refractivity contribution is 0.112. The summed E-state index contributed by atoms with van der Waals surface area (Å²) in [5.74, 6) is 0.724. The van der Waals surface area contributed by atoms with Crippen LogP contribution < -0.4 is 4.74 Å². The second kappa shape index (κ2) is 5.62. The maximum Gasteiger partial charge on any atom is 0.152 e. The highest BCUT2D eigenvalue weighted by Gasteiger charge is 2.14. The number of carbonyl (C=O) groups excluding carboxylic acids is 1. The molecule has 4 heteroatoms. The Morgan fingerprint density at radius 1 is 1.14 bits per heavy atom. The summed E-state index contributed by atoms with van der Waals surface area (Å²) in [7, 11) is 1.94. The molecule has 1 heterocycles. The summed E-state index contributed by atoms with van der Waals surface area (Å²) < 4.78 is 7.76. The molecule has 0 unspecified atom stereocenters. The molecule has 0 atom stereocenters. The van der Waals surface area contributed by atoms with Crippen molar-refractivity contribution in [2.24, 2.45) is 7.05 Å². The second-order valence-corrected chi connectivity index (χ2v) is 5.23. The number of aldehydes is 1. The van der Waals surface area contributed by atoms with Crippen LogP contribution in [0.25, 0.3) is 10.9 Å². The first-order chi connectivity index (χ1) is 10.2. The first kappa shape index (κ1) is 13.7. The van der Waals surface area contributed by atoms with Crippen LogP contribution in [0.4, 0.5) is 0 Å². The van der Waals surface area contributed by atoms with Crippen LogP contribution in [0, 0.1) is 0 Å². The Bertz CT molecular complexity index is 790. The Morgan fingerprint density at radius 3 is 2.57 bits per heavy atom. The third kappa shape index (κ3) is 2.52. The van der Waals surface area contributed by atoms with E-state index in [1.54, 1.807) is 12.1 Å². The number of fused-ring (bicyclic) bond motifs is 1. The van der Waals surface area contributed by atoms with Crippen molar-refractivity contribution in [3.05, 3.63) is 64.8 Å². The molecule has 106 valence electrons. The zero-order valence-electron chi connectivity index (χ0n) is 11.5. The minimum atomic E-state index is 0.334. The molecule has 3 nitrogen and oxygen atoms in total. The summed E-state index contributed by atoms with van der Waals surface area (Å²) in [4.78, 5) is 11.4. The van der Waals surface area contributed by atoms with E-state index in [9.17, 15) is 4.79 Å². The lowest BCUT2D eigenvalue weighted by Crippen LogP contribution is -2.04. The van der Waals surface area contributed by atoms with E-state index in [0.717, 1.165) is 28.6 Å². The van der Waals surface area contributed by atoms with E-state index in [-0.39, 0.29) is 0 Å². The van der Waals surface area contributed by atoms with Gasteiger partial charge in [-0.1, -0.05) is 29.8 Å². The maximum absolute atomic E-state index is 11.4. The third-order valence-corrected chi connectivity index (χ3v) is 3.83. The molecular weight excluding hydrogens is 286 g/mol. The summed E-state index contributed by atoms with van der Waals surface area (Å²) in [6, 6.07) is 15.0. The van der Waals surface area contributed by atoms with Gasteiger partial charge in [0.15, 0.2) is 6.29 Å². The number of halogens is 1. The highest BCUT2D eigenvalue weighted by Crippen LogP contribution is 2.25. The smallest absolute Gasteiger partial charge is 0.152 e. The first-order valence-corrected chi connectivity index (χ1v) is 6.98. The van der Waals surface area contributed by atoms with E-state index < -0.39 is 0 Å². The fourth-order valence-electron chi connectivity index (χ4n) is 2.46. The molecule has 3 aromatic rings.